The highest BCUT2D eigenvalue weighted by molar-refractivity contribution is 7.12. The quantitative estimate of drug-likeness (QED) is 0.675. The summed E-state index contributed by atoms with van der Waals surface area (Å²) in [7, 11) is 0. The minimum Gasteiger partial charge on any atom is -0.348 e. The lowest BCUT2D eigenvalue weighted by Crippen LogP contribution is -2.42. The van der Waals surface area contributed by atoms with E-state index in [0.717, 1.165) is 22.7 Å². The maximum absolute atomic E-state index is 13.0. The van der Waals surface area contributed by atoms with Crippen molar-refractivity contribution in [3.8, 4) is 0 Å². The molecule has 3 heterocycles. The molecule has 3 aromatic rings. The minimum absolute atomic E-state index is 0.0809. The van der Waals surface area contributed by atoms with Gasteiger partial charge in [-0.3, -0.25) is 4.79 Å². The van der Waals surface area contributed by atoms with Crippen LogP contribution in [-0.2, 0) is 6.54 Å². The number of fused-ring (bicyclic) bond motifs is 1. The van der Waals surface area contributed by atoms with Gasteiger partial charge in [-0.05, 0) is 41.3 Å². The summed E-state index contributed by atoms with van der Waals surface area (Å²) < 4.78 is 2.21. The van der Waals surface area contributed by atoms with Gasteiger partial charge in [-0.25, -0.2) is 0 Å². The Kier molecular flexibility index (Phi) is 3.71. The number of aromatic nitrogens is 1. The van der Waals surface area contributed by atoms with Crippen LogP contribution in [0.4, 0.5) is 0 Å². The summed E-state index contributed by atoms with van der Waals surface area (Å²) in [6.45, 7) is 1.51. The fraction of sp³-hybridized carbons (Fsp3) is 0.167. The Morgan fingerprint density at radius 1 is 1.13 bits per heavy atom. The molecule has 0 unspecified atom stereocenters. The Balaban J connectivity index is 1.81. The third-order valence-electron chi connectivity index (χ3n) is 4.20. The summed E-state index contributed by atoms with van der Waals surface area (Å²) in [5, 5.41) is 2.63. The second kappa shape index (κ2) is 5.87. The van der Waals surface area contributed by atoms with E-state index >= 15 is 0 Å². The van der Waals surface area contributed by atoms with E-state index in [-0.39, 0.29) is 11.9 Å². The van der Waals surface area contributed by atoms with Crippen LogP contribution >= 0.6 is 22.9 Å². The zero-order valence-electron chi connectivity index (χ0n) is 12.4. The number of carbonyl (C=O) groups is 1. The molecular weight excluding hydrogens is 328 g/mol. The SMILES string of the molecule is O=C(c1cccs1)N1CCn2cccc2[C@H]1c1cccc(Cl)c1. The topological polar surface area (TPSA) is 25.2 Å². The van der Waals surface area contributed by atoms with Crippen molar-refractivity contribution in [2.45, 2.75) is 12.6 Å². The molecular formula is C18H15ClN2OS. The fourth-order valence-electron chi connectivity index (χ4n) is 3.17. The molecule has 1 aliphatic rings. The molecule has 1 amide bonds. The van der Waals surface area contributed by atoms with Gasteiger partial charge in [-0.15, -0.1) is 11.3 Å². The van der Waals surface area contributed by atoms with E-state index in [1.807, 2.05) is 52.7 Å². The van der Waals surface area contributed by atoms with Crippen molar-refractivity contribution in [1.82, 2.24) is 9.47 Å². The fourth-order valence-corrected chi connectivity index (χ4v) is 4.05. The lowest BCUT2D eigenvalue weighted by Gasteiger charge is -2.37. The van der Waals surface area contributed by atoms with E-state index < -0.39 is 0 Å². The monoisotopic (exact) mass is 342 g/mol. The highest BCUT2D eigenvalue weighted by atomic mass is 35.5. The molecule has 0 radical (unpaired) electrons. The van der Waals surface area contributed by atoms with Crippen molar-refractivity contribution in [3.63, 3.8) is 0 Å². The number of rotatable bonds is 2. The number of nitrogens with zero attached hydrogens (tertiary/aromatic N) is 2. The zero-order chi connectivity index (χ0) is 15.8. The molecule has 3 nitrogen and oxygen atoms in total. The number of amides is 1. The average Bonchev–Trinajstić information content (AvgIpc) is 3.24. The molecule has 0 spiro atoms. The molecule has 1 aliphatic heterocycles. The lowest BCUT2D eigenvalue weighted by atomic mass is 9.99. The minimum atomic E-state index is -0.105. The van der Waals surface area contributed by atoms with Gasteiger partial charge in [0.05, 0.1) is 10.9 Å². The highest BCUT2D eigenvalue weighted by Gasteiger charge is 2.33. The van der Waals surface area contributed by atoms with Crippen LogP contribution < -0.4 is 0 Å². The Bertz CT molecular complexity index is 840. The van der Waals surface area contributed by atoms with Crippen LogP contribution in [0.1, 0.15) is 27.0 Å². The van der Waals surface area contributed by atoms with Crippen LogP contribution in [0.15, 0.2) is 60.1 Å². The first-order chi connectivity index (χ1) is 11.2. The number of carbonyl (C=O) groups excluding carboxylic acids is 1. The summed E-state index contributed by atoms with van der Waals surface area (Å²) in [4.78, 5) is 15.7. The van der Waals surface area contributed by atoms with Gasteiger partial charge in [-0.2, -0.15) is 0 Å². The third kappa shape index (κ3) is 2.58. The summed E-state index contributed by atoms with van der Waals surface area (Å²) in [5.41, 5.74) is 2.17. The lowest BCUT2D eigenvalue weighted by molar-refractivity contribution is 0.0669. The van der Waals surface area contributed by atoms with Crippen molar-refractivity contribution in [2.24, 2.45) is 0 Å². The Morgan fingerprint density at radius 2 is 2.04 bits per heavy atom. The van der Waals surface area contributed by atoms with Crippen LogP contribution in [0.2, 0.25) is 5.02 Å². The predicted molar refractivity (Wildman–Crippen MR) is 93.1 cm³/mol. The van der Waals surface area contributed by atoms with Crippen LogP contribution in [0, 0.1) is 0 Å². The molecule has 0 N–H and O–H groups in total. The second-order valence-electron chi connectivity index (χ2n) is 5.56. The second-order valence-corrected chi connectivity index (χ2v) is 6.94. The molecule has 1 aromatic carbocycles. The van der Waals surface area contributed by atoms with Crippen molar-refractivity contribution in [3.05, 3.63) is 81.3 Å². The van der Waals surface area contributed by atoms with Gasteiger partial charge in [0.2, 0.25) is 0 Å². The smallest absolute Gasteiger partial charge is 0.264 e. The molecule has 0 bridgehead atoms. The number of hydrogen-bond donors (Lipinski definition) is 0. The van der Waals surface area contributed by atoms with Crippen LogP contribution in [0.25, 0.3) is 0 Å². The third-order valence-corrected chi connectivity index (χ3v) is 5.29. The summed E-state index contributed by atoms with van der Waals surface area (Å²) >= 11 is 7.67. The maximum Gasteiger partial charge on any atom is 0.264 e. The molecule has 4 rings (SSSR count). The number of hydrogen-bond acceptors (Lipinski definition) is 2. The van der Waals surface area contributed by atoms with E-state index in [1.54, 1.807) is 0 Å². The predicted octanol–water partition coefficient (Wildman–Crippen LogP) is 4.45. The Morgan fingerprint density at radius 3 is 2.83 bits per heavy atom. The highest BCUT2D eigenvalue weighted by Crippen LogP contribution is 2.34. The molecule has 23 heavy (non-hydrogen) atoms. The van der Waals surface area contributed by atoms with Gasteiger partial charge in [0, 0.05) is 30.0 Å². The molecule has 1 atom stereocenters. The number of benzene rings is 1. The summed E-state index contributed by atoms with van der Waals surface area (Å²) in [5.74, 6) is 0.0809. The number of thiophene rings is 1. The number of halogens is 1. The molecule has 5 heteroatoms. The van der Waals surface area contributed by atoms with Crippen molar-refractivity contribution in [2.75, 3.05) is 6.54 Å². The summed E-state index contributed by atoms with van der Waals surface area (Å²) in [6, 6.07) is 15.6. The average molecular weight is 343 g/mol. The molecule has 2 aromatic heterocycles. The standard InChI is InChI=1S/C18H15ClN2OS/c19-14-5-1-4-13(12-14)17-15-6-2-8-20(15)9-10-21(17)18(22)16-7-3-11-23-16/h1-8,11-12,17H,9-10H2/t17-/m1/s1. The van der Waals surface area contributed by atoms with Gasteiger partial charge in [0.15, 0.2) is 0 Å². The van der Waals surface area contributed by atoms with E-state index in [2.05, 4.69) is 16.8 Å². The van der Waals surface area contributed by atoms with E-state index in [0.29, 0.717) is 11.6 Å². The Labute approximate surface area is 143 Å². The normalized spacial score (nSPS) is 17.1. The van der Waals surface area contributed by atoms with Gasteiger partial charge in [0.25, 0.3) is 5.91 Å². The van der Waals surface area contributed by atoms with E-state index in [9.17, 15) is 4.79 Å². The molecule has 0 saturated heterocycles. The van der Waals surface area contributed by atoms with Gasteiger partial charge < -0.3 is 9.47 Å². The largest absolute Gasteiger partial charge is 0.348 e. The summed E-state index contributed by atoms with van der Waals surface area (Å²) in [6.07, 6.45) is 2.07. The van der Waals surface area contributed by atoms with E-state index in [1.165, 1.54) is 11.3 Å². The van der Waals surface area contributed by atoms with E-state index in [4.69, 9.17) is 11.6 Å². The van der Waals surface area contributed by atoms with Crippen molar-refractivity contribution in [1.29, 1.82) is 0 Å². The molecule has 116 valence electrons. The molecule has 0 saturated carbocycles. The zero-order valence-corrected chi connectivity index (χ0v) is 13.9. The van der Waals surface area contributed by atoms with Crippen LogP contribution in [0.3, 0.4) is 0 Å². The molecule has 0 aliphatic carbocycles. The van der Waals surface area contributed by atoms with Crippen molar-refractivity contribution < 1.29 is 4.79 Å². The van der Waals surface area contributed by atoms with Gasteiger partial charge in [0.1, 0.15) is 0 Å². The Hall–Kier alpha value is -2.04. The van der Waals surface area contributed by atoms with Gasteiger partial charge >= 0.3 is 0 Å². The molecule has 0 fully saturated rings. The van der Waals surface area contributed by atoms with Crippen LogP contribution in [0.5, 0.6) is 0 Å². The van der Waals surface area contributed by atoms with Crippen LogP contribution in [-0.4, -0.2) is 21.9 Å². The first kappa shape index (κ1) is 14.5. The van der Waals surface area contributed by atoms with Gasteiger partial charge in [-0.1, -0.05) is 29.8 Å². The first-order valence-corrected chi connectivity index (χ1v) is 8.75. The van der Waals surface area contributed by atoms with Crippen molar-refractivity contribution >= 4 is 28.8 Å². The maximum atomic E-state index is 13.0. The first-order valence-electron chi connectivity index (χ1n) is 7.49.